The molecule has 0 amide bonds. The van der Waals surface area contributed by atoms with Crippen molar-refractivity contribution in [2.45, 2.75) is 58.2 Å². The van der Waals surface area contributed by atoms with Crippen molar-refractivity contribution < 1.29 is 0 Å². The first-order valence-corrected chi connectivity index (χ1v) is 16.0. The Kier molecular flexibility index (Phi) is 8.29. The minimum atomic E-state index is -1.94. The molecule has 8 heteroatoms. The molecule has 1 N–H and O–H groups in total. The summed E-state index contributed by atoms with van der Waals surface area (Å²) in [5.41, 5.74) is 8.59. The van der Waals surface area contributed by atoms with E-state index >= 15 is 0 Å². The van der Waals surface area contributed by atoms with E-state index in [1.54, 1.807) is 23.9 Å². The van der Waals surface area contributed by atoms with Crippen LogP contribution in [-0.4, -0.2) is 60.7 Å². The van der Waals surface area contributed by atoms with Crippen LogP contribution in [0.4, 0.5) is 17.3 Å². The molecule has 1 fully saturated rings. The Balaban J connectivity index is 1.64. The van der Waals surface area contributed by atoms with Gasteiger partial charge in [-0.25, -0.2) is 4.98 Å². The highest BCUT2D eigenvalue weighted by Crippen LogP contribution is 2.40. The number of pyridine rings is 1. The first-order chi connectivity index (χ1) is 18.0. The number of anilines is 3. The molecule has 4 rings (SSSR count). The lowest BCUT2D eigenvalue weighted by atomic mass is 10.2. The molecular formula is C30H42N6OSi. The Morgan fingerprint density at radius 3 is 2.11 bits per heavy atom. The van der Waals surface area contributed by atoms with E-state index in [0.717, 1.165) is 37.3 Å². The summed E-state index contributed by atoms with van der Waals surface area (Å²) in [6.07, 6.45) is 1.79. The van der Waals surface area contributed by atoms with Crippen molar-refractivity contribution in [1.29, 1.82) is 0 Å². The van der Waals surface area contributed by atoms with E-state index in [1.165, 1.54) is 5.69 Å². The highest BCUT2D eigenvalue weighted by Gasteiger charge is 2.41. The number of likely N-dealkylation sites (N-methyl/N-ethyl adjacent to an activating group) is 1. The van der Waals surface area contributed by atoms with Gasteiger partial charge in [0.1, 0.15) is 13.7 Å². The maximum absolute atomic E-state index is 12.9. The molecule has 2 aromatic heterocycles. The zero-order valence-electron chi connectivity index (χ0n) is 24.2. The van der Waals surface area contributed by atoms with E-state index in [-0.39, 0.29) is 5.56 Å². The van der Waals surface area contributed by atoms with Gasteiger partial charge >= 0.3 is 0 Å². The van der Waals surface area contributed by atoms with Crippen LogP contribution >= 0.6 is 0 Å². The predicted molar refractivity (Wildman–Crippen MR) is 162 cm³/mol. The molecule has 0 unspecified atom stereocenters. The van der Waals surface area contributed by atoms with Crippen molar-refractivity contribution >= 4 is 36.4 Å². The molecule has 1 aliphatic heterocycles. The molecule has 38 heavy (non-hydrogen) atoms. The van der Waals surface area contributed by atoms with Gasteiger partial charge in [-0.3, -0.25) is 9.36 Å². The Bertz CT molecular complexity index is 1370. The number of nitrogens with one attached hydrogen (secondary N) is 1. The van der Waals surface area contributed by atoms with Gasteiger partial charge in [-0.2, -0.15) is 4.98 Å². The highest BCUT2D eigenvalue weighted by molar-refractivity contribution is 6.90. The Labute approximate surface area is 228 Å². The molecular weight excluding hydrogens is 488 g/mol. The highest BCUT2D eigenvalue weighted by atomic mass is 28.3. The van der Waals surface area contributed by atoms with Crippen LogP contribution in [0.25, 0.3) is 11.0 Å². The molecule has 1 saturated heterocycles. The lowest BCUT2D eigenvalue weighted by Crippen LogP contribution is -2.44. The molecule has 1 aromatic carbocycles. The summed E-state index contributed by atoms with van der Waals surface area (Å²) < 4.78 is 1.57. The fraction of sp³-hybridized carbons (Fsp3) is 0.500. The second-order valence-corrected chi connectivity index (χ2v) is 17.1. The Morgan fingerprint density at radius 1 is 0.921 bits per heavy atom. The number of hydrogen-bond donors (Lipinski definition) is 1. The van der Waals surface area contributed by atoms with Gasteiger partial charge < -0.3 is 15.1 Å². The van der Waals surface area contributed by atoms with Gasteiger partial charge in [0.25, 0.3) is 5.56 Å². The van der Waals surface area contributed by atoms with Gasteiger partial charge in [-0.1, -0.05) is 47.5 Å². The van der Waals surface area contributed by atoms with E-state index in [2.05, 4.69) is 104 Å². The third-order valence-corrected chi connectivity index (χ3v) is 14.5. The fourth-order valence-electron chi connectivity index (χ4n) is 5.94. The van der Waals surface area contributed by atoms with Gasteiger partial charge in [0, 0.05) is 62.4 Å². The SMILES string of the molecule is CC(C)[Si](C#Cc1cc(=O)n(C)c2nc(Nc3ccc(N4CCN(C)CC4)cc3)ncc12)(C(C)C)C(C)C. The summed E-state index contributed by atoms with van der Waals surface area (Å²) >= 11 is 0. The summed E-state index contributed by atoms with van der Waals surface area (Å²) in [4.78, 5) is 27.0. The molecule has 3 heterocycles. The van der Waals surface area contributed by atoms with Crippen LogP contribution in [0.3, 0.4) is 0 Å². The molecule has 0 saturated carbocycles. The number of nitrogens with zero attached hydrogens (tertiary/aromatic N) is 5. The second-order valence-electron chi connectivity index (χ2n) is 11.5. The van der Waals surface area contributed by atoms with Crippen molar-refractivity contribution in [3.05, 3.63) is 52.4 Å². The summed E-state index contributed by atoms with van der Waals surface area (Å²) in [6.45, 7) is 18.0. The molecule has 202 valence electrons. The number of benzene rings is 1. The van der Waals surface area contributed by atoms with Crippen LogP contribution in [0.2, 0.25) is 16.6 Å². The first-order valence-electron chi connectivity index (χ1n) is 13.7. The molecule has 0 atom stereocenters. The van der Waals surface area contributed by atoms with Crippen molar-refractivity contribution in [2.75, 3.05) is 43.4 Å². The van der Waals surface area contributed by atoms with Crippen molar-refractivity contribution in [2.24, 2.45) is 7.05 Å². The van der Waals surface area contributed by atoms with Crippen LogP contribution in [0.1, 0.15) is 47.1 Å². The average Bonchev–Trinajstić information content (AvgIpc) is 2.87. The zero-order valence-corrected chi connectivity index (χ0v) is 25.2. The quantitative estimate of drug-likeness (QED) is 0.340. The third-order valence-electron chi connectivity index (χ3n) is 8.25. The van der Waals surface area contributed by atoms with Gasteiger partial charge in [-0.15, -0.1) is 5.54 Å². The van der Waals surface area contributed by atoms with E-state index in [0.29, 0.717) is 33.8 Å². The summed E-state index contributed by atoms with van der Waals surface area (Å²) in [5.74, 6) is 3.90. The van der Waals surface area contributed by atoms with Gasteiger partial charge in [0.15, 0.2) is 0 Å². The minimum Gasteiger partial charge on any atom is -0.369 e. The largest absolute Gasteiger partial charge is 0.369 e. The fourth-order valence-corrected chi connectivity index (χ4v) is 11.2. The maximum Gasteiger partial charge on any atom is 0.253 e. The van der Waals surface area contributed by atoms with Crippen molar-refractivity contribution in [3.8, 4) is 11.5 Å². The monoisotopic (exact) mass is 530 g/mol. The average molecular weight is 531 g/mol. The predicted octanol–water partition coefficient (Wildman–Crippen LogP) is 5.39. The summed E-state index contributed by atoms with van der Waals surface area (Å²) in [6, 6.07) is 9.99. The van der Waals surface area contributed by atoms with Crippen LogP contribution in [-0.2, 0) is 7.05 Å². The zero-order chi connectivity index (χ0) is 27.6. The standard InChI is InChI=1S/C30H42N6OSi/c1-21(2)38(22(3)4,23(5)6)18-13-24-19-28(37)35(8)29-27(24)20-31-30(33-29)32-25-9-11-26(12-10-25)36-16-14-34(7)15-17-36/h9-12,19-23H,14-17H2,1-8H3,(H,31,32,33). The van der Waals surface area contributed by atoms with Crippen LogP contribution < -0.4 is 15.8 Å². The second kappa shape index (κ2) is 11.3. The van der Waals surface area contributed by atoms with E-state index in [4.69, 9.17) is 4.98 Å². The topological polar surface area (TPSA) is 66.3 Å². The van der Waals surface area contributed by atoms with Crippen molar-refractivity contribution in [1.82, 2.24) is 19.4 Å². The van der Waals surface area contributed by atoms with E-state index in [1.807, 2.05) is 0 Å². The van der Waals surface area contributed by atoms with Gasteiger partial charge in [0.2, 0.25) is 5.95 Å². The lowest BCUT2D eigenvalue weighted by Gasteiger charge is -2.38. The van der Waals surface area contributed by atoms with E-state index in [9.17, 15) is 4.79 Å². The first kappa shape index (κ1) is 27.9. The number of rotatable bonds is 6. The molecule has 7 nitrogen and oxygen atoms in total. The van der Waals surface area contributed by atoms with E-state index < -0.39 is 8.07 Å². The van der Waals surface area contributed by atoms with Crippen LogP contribution in [0.15, 0.2) is 41.3 Å². The number of hydrogen-bond acceptors (Lipinski definition) is 6. The Morgan fingerprint density at radius 2 is 1.53 bits per heavy atom. The van der Waals surface area contributed by atoms with Crippen molar-refractivity contribution in [3.63, 3.8) is 0 Å². The number of piperazine rings is 1. The molecule has 0 radical (unpaired) electrons. The van der Waals surface area contributed by atoms with Gasteiger partial charge in [-0.05, 0) is 47.9 Å². The smallest absolute Gasteiger partial charge is 0.253 e. The molecule has 0 bridgehead atoms. The van der Waals surface area contributed by atoms with Crippen LogP contribution in [0, 0.1) is 11.5 Å². The molecule has 3 aromatic rings. The Hall–Kier alpha value is -3.15. The number of aromatic nitrogens is 3. The maximum atomic E-state index is 12.9. The summed E-state index contributed by atoms with van der Waals surface area (Å²) in [5, 5.41) is 4.11. The molecule has 0 spiro atoms. The molecule has 1 aliphatic rings. The third kappa shape index (κ3) is 5.50. The minimum absolute atomic E-state index is 0.117. The number of aryl methyl sites for hydroxylation is 1. The van der Waals surface area contributed by atoms with Gasteiger partial charge in [0.05, 0.1) is 5.39 Å². The number of fused-ring (bicyclic) bond motifs is 1. The summed E-state index contributed by atoms with van der Waals surface area (Å²) in [7, 11) is 1.97. The lowest BCUT2D eigenvalue weighted by molar-refractivity contribution is 0.313. The molecule has 0 aliphatic carbocycles. The normalized spacial score (nSPS) is 14.9. The van der Waals surface area contributed by atoms with Crippen LogP contribution in [0.5, 0.6) is 0 Å².